The van der Waals surface area contributed by atoms with Crippen molar-refractivity contribution in [2.45, 2.75) is 32.9 Å². The lowest BCUT2D eigenvalue weighted by Crippen LogP contribution is -2.39. The lowest BCUT2D eigenvalue weighted by molar-refractivity contribution is 0.222. The molecule has 1 atom stereocenters. The predicted molar refractivity (Wildman–Crippen MR) is 77.1 cm³/mol. The Morgan fingerprint density at radius 3 is 2.72 bits per heavy atom. The third-order valence-electron chi connectivity index (χ3n) is 3.29. The molecule has 1 unspecified atom stereocenters. The highest BCUT2D eigenvalue weighted by Crippen LogP contribution is 2.15. The number of methoxy groups -OCH3 is 1. The van der Waals surface area contributed by atoms with Gasteiger partial charge in [0.25, 0.3) is 0 Å². The molecule has 1 N–H and O–H groups in total. The Balaban J connectivity index is 2.58. The molecule has 0 aliphatic carbocycles. The van der Waals surface area contributed by atoms with Gasteiger partial charge in [0.05, 0.1) is 7.11 Å². The second-order valence-corrected chi connectivity index (χ2v) is 4.64. The summed E-state index contributed by atoms with van der Waals surface area (Å²) in [4.78, 5) is 2.40. The number of nitrogens with zero attached hydrogens (tertiary/aromatic N) is 1. The van der Waals surface area contributed by atoms with Gasteiger partial charge >= 0.3 is 0 Å². The molecule has 0 radical (unpaired) electrons. The van der Waals surface area contributed by atoms with Gasteiger partial charge < -0.3 is 10.1 Å². The van der Waals surface area contributed by atoms with Crippen LogP contribution >= 0.6 is 0 Å². The molecule has 18 heavy (non-hydrogen) atoms. The van der Waals surface area contributed by atoms with Crippen LogP contribution in [0.2, 0.25) is 0 Å². The van der Waals surface area contributed by atoms with Gasteiger partial charge in [-0.05, 0) is 37.7 Å². The Labute approximate surface area is 111 Å². The molecule has 0 fully saturated rings. The molecule has 0 heterocycles. The minimum Gasteiger partial charge on any atom is -0.497 e. The molecule has 0 bridgehead atoms. The van der Waals surface area contributed by atoms with Crippen LogP contribution in [0.5, 0.6) is 5.75 Å². The molecule has 0 amide bonds. The first-order chi connectivity index (χ1) is 8.71. The maximum absolute atomic E-state index is 5.26. The average molecular weight is 250 g/mol. The van der Waals surface area contributed by atoms with Crippen molar-refractivity contribution in [1.82, 2.24) is 10.2 Å². The van der Waals surface area contributed by atoms with Crippen molar-refractivity contribution in [3.63, 3.8) is 0 Å². The van der Waals surface area contributed by atoms with E-state index in [2.05, 4.69) is 43.2 Å². The summed E-state index contributed by atoms with van der Waals surface area (Å²) in [5.74, 6) is 0.931. The van der Waals surface area contributed by atoms with E-state index in [9.17, 15) is 0 Å². The van der Waals surface area contributed by atoms with Gasteiger partial charge in [-0.25, -0.2) is 0 Å². The summed E-state index contributed by atoms with van der Waals surface area (Å²) < 4.78 is 5.26. The van der Waals surface area contributed by atoms with E-state index in [0.29, 0.717) is 6.04 Å². The van der Waals surface area contributed by atoms with Crippen LogP contribution in [0, 0.1) is 0 Å². The Morgan fingerprint density at radius 1 is 1.33 bits per heavy atom. The van der Waals surface area contributed by atoms with Crippen LogP contribution in [0.15, 0.2) is 24.3 Å². The fraction of sp³-hybridized carbons (Fsp3) is 0.600. The van der Waals surface area contributed by atoms with Crippen LogP contribution in [-0.2, 0) is 6.54 Å². The number of ether oxygens (including phenoxy) is 1. The lowest BCUT2D eigenvalue weighted by Gasteiger charge is -2.27. The zero-order valence-corrected chi connectivity index (χ0v) is 12.1. The maximum atomic E-state index is 5.26. The Kier molecular flexibility index (Phi) is 6.76. The second-order valence-electron chi connectivity index (χ2n) is 4.64. The second kappa shape index (κ2) is 8.11. The van der Waals surface area contributed by atoms with Crippen LogP contribution in [0.1, 0.15) is 25.8 Å². The van der Waals surface area contributed by atoms with Crippen LogP contribution < -0.4 is 10.1 Å². The van der Waals surface area contributed by atoms with E-state index in [1.807, 2.05) is 12.1 Å². The van der Waals surface area contributed by atoms with E-state index in [4.69, 9.17) is 4.74 Å². The summed E-state index contributed by atoms with van der Waals surface area (Å²) >= 11 is 0. The summed E-state index contributed by atoms with van der Waals surface area (Å²) in [5, 5.41) is 3.42. The maximum Gasteiger partial charge on any atom is 0.119 e. The van der Waals surface area contributed by atoms with E-state index < -0.39 is 0 Å². The molecule has 102 valence electrons. The number of benzene rings is 1. The minimum absolute atomic E-state index is 0.580. The molecule has 0 saturated heterocycles. The fourth-order valence-corrected chi connectivity index (χ4v) is 2.11. The third kappa shape index (κ3) is 4.67. The van der Waals surface area contributed by atoms with Crippen LogP contribution in [0.3, 0.4) is 0 Å². The van der Waals surface area contributed by atoms with Crippen molar-refractivity contribution in [3.8, 4) is 5.75 Å². The molecule has 3 heteroatoms. The molecule has 1 rings (SSSR count). The van der Waals surface area contributed by atoms with E-state index >= 15 is 0 Å². The SMILES string of the molecule is CCNCC(CC)N(C)Cc1cccc(OC)c1. The summed E-state index contributed by atoms with van der Waals surface area (Å²) in [6.07, 6.45) is 1.16. The molecule has 0 aliphatic rings. The summed E-state index contributed by atoms with van der Waals surface area (Å²) in [6, 6.07) is 8.87. The normalized spacial score (nSPS) is 12.7. The van der Waals surface area contributed by atoms with Gasteiger partial charge in [-0.2, -0.15) is 0 Å². The Hall–Kier alpha value is -1.06. The highest BCUT2D eigenvalue weighted by atomic mass is 16.5. The molecule has 0 aromatic heterocycles. The standard InChI is InChI=1S/C15H26N2O/c1-5-14(11-16-6-2)17(3)12-13-8-7-9-15(10-13)18-4/h7-10,14,16H,5-6,11-12H2,1-4H3. The van der Waals surface area contributed by atoms with Crippen LogP contribution in [0.4, 0.5) is 0 Å². The number of rotatable bonds is 8. The molecule has 0 spiro atoms. The summed E-state index contributed by atoms with van der Waals surface area (Å²) in [6.45, 7) is 7.43. The van der Waals surface area contributed by atoms with Gasteiger partial charge in [-0.1, -0.05) is 26.0 Å². The van der Waals surface area contributed by atoms with Gasteiger partial charge in [0.1, 0.15) is 5.75 Å². The smallest absolute Gasteiger partial charge is 0.119 e. The largest absolute Gasteiger partial charge is 0.497 e. The first-order valence-corrected chi connectivity index (χ1v) is 6.75. The van der Waals surface area contributed by atoms with Crippen LogP contribution in [0.25, 0.3) is 0 Å². The monoisotopic (exact) mass is 250 g/mol. The average Bonchev–Trinajstić information content (AvgIpc) is 2.40. The molecule has 0 saturated carbocycles. The molecule has 0 aliphatic heterocycles. The zero-order valence-electron chi connectivity index (χ0n) is 12.1. The number of hydrogen-bond donors (Lipinski definition) is 1. The van der Waals surface area contributed by atoms with Gasteiger partial charge in [0.2, 0.25) is 0 Å². The summed E-state index contributed by atoms with van der Waals surface area (Å²) in [7, 11) is 3.90. The van der Waals surface area contributed by atoms with E-state index in [1.54, 1.807) is 7.11 Å². The molecule has 1 aromatic rings. The number of hydrogen-bond acceptors (Lipinski definition) is 3. The molecular weight excluding hydrogens is 224 g/mol. The van der Waals surface area contributed by atoms with Crippen molar-refractivity contribution in [2.24, 2.45) is 0 Å². The van der Waals surface area contributed by atoms with Crippen molar-refractivity contribution in [2.75, 3.05) is 27.2 Å². The quantitative estimate of drug-likeness (QED) is 0.767. The predicted octanol–water partition coefficient (Wildman–Crippen LogP) is 2.52. The summed E-state index contributed by atoms with van der Waals surface area (Å²) in [5.41, 5.74) is 1.30. The van der Waals surface area contributed by atoms with Crippen molar-refractivity contribution in [3.05, 3.63) is 29.8 Å². The first kappa shape index (κ1) is 15.0. The van der Waals surface area contributed by atoms with Gasteiger partial charge in [0.15, 0.2) is 0 Å². The van der Waals surface area contributed by atoms with Crippen molar-refractivity contribution < 1.29 is 4.74 Å². The first-order valence-electron chi connectivity index (χ1n) is 6.75. The Bertz CT molecular complexity index is 341. The topological polar surface area (TPSA) is 24.5 Å². The van der Waals surface area contributed by atoms with Gasteiger partial charge in [0, 0.05) is 19.1 Å². The lowest BCUT2D eigenvalue weighted by atomic mass is 10.1. The van der Waals surface area contributed by atoms with E-state index in [1.165, 1.54) is 5.56 Å². The molecule has 1 aromatic carbocycles. The molecule has 3 nitrogen and oxygen atoms in total. The minimum atomic E-state index is 0.580. The third-order valence-corrected chi connectivity index (χ3v) is 3.29. The van der Waals surface area contributed by atoms with Crippen molar-refractivity contribution >= 4 is 0 Å². The van der Waals surface area contributed by atoms with Crippen LogP contribution in [-0.4, -0.2) is 38.2 Å². The fourth-order valence-electron chi connectivity index (χ4n) is 2.11. The zero-order chi connectivity index (χ0) is 13.4. The number of nitrogens with one attached hydrogen (secondary N) is 1. The highest BCUT2D eigenvalue weighted by Gasteiger charge is 2.12. The highest BCUT2D eigenvalue weighted by molar-refractivity contribution is 5.28. The van der Waals surface area contributed by atoms with Crippen molar-refractivity contribution in [1.29, 1.82) is 0 Å². The van der Waals surface area contributed by atoms with Gasteiger partial charge in [-0.15, -0.1) is 0 Å². The Morgan fingerprint density at radius 2 is 2.11 bits per heavy atom. The van der Waals surface area contributed by atoms with E-state index in [0.717, 1.165) is 31.8 Å². The molecular formula is C15H26N2O. The van der Waals surface area contributed by atoms with E-state index in [-0.39, 0.29) is 0 Å². The number of likely N-dealkylation sites (N-methyl/N-ethyl adjacent to an activating group) is 2. The van der Waals surface area contributed by atoms with Gasteiger partial charge in [-0.3, -0.25) is 4.90 Å².